The lowest BCUT2D eigenvalue weighted by atomic mass is 10.1. The SMILES string of the molecule is CC(Nc1cc(C(N)=O)nc(-c2ccc(Oc3ccc(F)cc3)c(CO)c2)n1)C(N)=O. The molecule has 6 N–H and O–H groups in total. The predicted octanol–water partition coefficient (Wildman–Crippen LogP) is 1.95. The topological polar surface area (TPSA) is 153 Å². The average Bonchev–Trinajstić information content (AvgIpc) is 2.75. The van der Waals surface area contributed by atoms with Crippen LogP contribution >= 0.6 is 0 Å². The smallest absolute Gasteiger partial charge is 0.267 e. The first-order valence-electron chi connectivity index (χ1n) is 9.19. The van der Waals surface area contributed by atoms with Crippen molar-refractivity contribution in [1.29, 1.82) is 0 Å². The van der Waals surface area contributed by atoms with Gasteiger partial charge < -0.3 is 26.6 Å². The number of anilines is 1. The molecule has 10 heteroatoms. The number of hydrogen-bond acceptors (Lipinski definition) is 7. The molecule has 0 bridgehead atoms. The number of hydrogen-bond donors (Lipinski definition) is 4. The van der Waals surface area contributed by atoms with Crippen molar-refractivity contribution < 1.29 is 23.8 Å². The summed E-state index contributed by atoms with van der Waals surface area (Å²) in [5, 5.41) is 12.6. The van der Waals surface area contributed by atoms with E-state index >= 15 is 0 Å². The number of nitrogens with two attached hydrogens (primary N) is 2. The average molecular weight is 425 g/mol. The highest BCUT2D eigenvalue weighted by atomic mass is 19.1. The van der Waals surface area contributed by atoms with Crippen LogP contribution in [-0.4, -0.2) is 32.9 Å². The molecular weight excluding hydrogens is 405 g/mol. The lowest BCUT2D eigenvalue weighted by Crippen LogP contribution is -2.33. The maximum absolute atomic E-state index is 13.1. The second-order valence-corrected chi connectivity index (χ2v) is 6.63. The molecule has 0 radical (unpaired) electrons. The van der Waals surface area contributed by atoms with Crippen molar-refractivity contribution in [2.75, 3.05) is 5.32 Å². The zero-order valence-electron chi connectivity index (χ0n) is 16.5. The molecule has 1 unspecified atom stereocenters. The molecule has 3 aromatic rings. The Morgan fingerprint density at radius 2 is 1.84 bits per heavy atom. The first kappa shape index (κ1) is 21.7. The van der Waals surface area contributed by atoms with Gasteiger partial charge in [-0.2, -0.15) is 0 Å². The van der Waals surface area contributed by atoms with Crippen molar-refractivity contribution in [3.05, 3.63) is 65.6 Å². The van der Waals surface area contributed by atoms with Crippen LogP contribution < -0.4 is 21.5 Å². The van der Waals surface area contributed by atoms with Gasteiger partial charge in [0.1, 0.15) is 34.9 Å². The number of carbonyl (C=O) groups excluding carboxylic acids is 2. The molecule has 1 heterocycles. The second-order valence-electron chi connectivity index (χ2n) is 6.63. The summed E-state index contributed by atoms with van der Waals surface area (Å²) in [6, 6.07) is 10.8. The summed E-state index contributed by atoms with van der Waals surface area (Å²) in [7, 11) is 0. The van der Waals surface area contributed by atoms with Gasteiger partial charge in [0, 0.05) is 17.2 Å². The summed E-state index contributed by atoms with van der Waals surface area (Å²) in [4.78, 5) is 31.5. The van der Waals surface area contributed by atoms with Gasteiger partial charge in [-0.05, 0) is 49.4 Å². The summed E-state index contributed by atoms with van der Waals surface area (Å²) >= 11 is 0. The monoisotopic (exact) mass is 425 g/mol. The molecule has 2 amide bonds. The van der Waals surface area contributed by atoms with E-state index in [2.05, 4.69) is 15.3 Å². The van der Waals surface area contributed by atoms with E-state index in [4.69, 9.17) is 16.2 Å². The first-order valence-corrected chi connectivity index (χ1v) is 9.19. The fourth-order valence-corrected chi connectivity index (χ4v) is 2.64. The van der Waals surface area contributed by atoms with E-state index in [0.717, 1.165) is 0 Å². The number of ether oxygens (including phenoxy) is 1. The molecule has 2 aromatic carbocycles. The molecule has 0 aliphatic carbocycles. The van der Waals surface area contributed by atoms with Crippen molar-refractivity contribution in [1.82, 2.24) is 9.97 Å². The normalized spacial score (nSPS) is 11.6. The van der Waals surface area contributed by atoms with Crippen molar-refractivity contribution in [2.45, 2.75) is 19.6 Å². The minimum atomic E-state index is -0.780. The highest BCUT2D eigenvalue weighted by Gasteiger charge is 2.16. The van der Waals surface area contributed by atoms with Gasteiger partial charge in [0.25, 0.3) is 5.91 Å². The van der Waals surface area contributed by atoms with Gasteiger partial charge in [-0.15, -0.1) is 0 Å². The number of aliphatic hydroxyl groups is 1. The third-order valence-corrected chi connectivity index (χ3v) is 4.30. The van der Waals surface area contributed by atoms with Crippen LogP contribution in [0.1, 0.15) is 23.0 Å². The van der Waals surface area contributed by atoms with Gasteiger partial charge in [0.2, 0.25) is 5.91 Å². The summed E-state index contributed by atoms with van der Waals surface area (Å²) in [6.45, 7) is 1.18. The Balaban J connectivity index is 1.97. The zero-order chi connectivity index (χ0) is 22.5. The third-order valence-electron chi connectivity index (χ3n) is 4.30. The van der Waals surface area contributed by atoms with Gasteiger partial charge in [-0.1, -0.05) is 0 Å². The number of aliphatic hydroxyl groups excluding tert-OH is 1. The lowest BCUT2D eigenvalue weighted by Gasteiger charge is -2.14. The van der Waals surface area contributed by atoms with Crippen LogP contribution in [0.15, 0.2) is 48.5 Å². The van der Waals surface area contributed by atoms with E-state index in [1.807, 2.05) is 0 Å². The number of halogens is 1. The molecule has 0 spiro atoms. The van der Waals surface area contributed by atoms with E-state index in [-0.39, 0.29) is 23.9 Å². The Labute approximate surface area is 176 Å². The van der Waals surface area contributed by atoms with Crippen LogP contribution in [0.5, 0.6) is 11.5 Å². The second kappa shape index (κ2) is 9.18. The minimum absolute atomic E-state index is 0.0682. The highest BCUT2D eigenvalue weighted by molar-refractivity contribution is 5.92. The predicted molar refractivity (Wildman–Crippen MR) is 111 cm³/mol. The Bertz CT molecular complexity index is 1120. The van der Waals surface area contributed by atoms with Crippen molar-refractivity contribution in [3.8, 4) is 22.9 Å². The van der Waals surface area contributed by atoms with Gasteiger partial charge in [-0.3, -0.25) is 9.59 Å². The van der Waals surface area contributed by atoms with Gasteiger partial charge in [0.15, 0.2) is 5.82 Å². The molecule has 1 aromatic heterocycles. The van der Waals surface area contributed by atoms with Gasteiger partial charge in [0.05, 0.1) is 6.61 Å². The van der Waals surface area contributed by atoms with E-state index in [9.17, 15) is 19.1 Å². The summed E-state index contributed by atoms with van der Waals surface area (Å²) < 4.78 is 18.8. The van der Waals surface area contributed by atoms with Crippen LogP contribution in [0.4, 0.5) is 10.2 Å². The minimum Gasteiger partial charge on any atom is -0.457 e. The number of carbonyl (C=O) groups is 2. The maximum Gasteiger partial charge on any atom is 0.267 e. The molecular formula is C21H20FN5O4. The zero-order valence-corrected chi connectivity index (χ0v) is 16.5. The summed E-state index contributed by atoms with van der Waals surface area (Å²) in [6.07, 6.45) is 0. The number of primary amides is 2. The molecule has 0 fully saturated rings. The van der Waals surface area contributed by atoms with Gasteiger partial charge in [-0.25, -0.2) is 14.4 Å². The highest BCUT2D eigenvalue weighted by Crippen LogP contribution is 2.30. The Hall–Kier alpha value is -4.05. The number of nitrogens with zero attached hydrogens (tertiary/aromatic N) is 2. The molecule has 9 nitrogen and oxygen atoms in total. The molecule has 3 rings (SSSR count). The molecule has 0 saturated heterocycles. The summed E-state index contributed by atoms with van der Waals surface area (Å²) in [5.41, 5.74) is 11.4. The molecule has 31 heavy (non-hydrogen) atoms. The fourth-order valence-electron chi connectivity index (χ4n) is 2.64. The number of benzene rings is 2. The van der Waals surface area contributed by atoms with Crippen LogP contribution in [0.25, 0.3) is 11.4 Å². The van der Waals surface area contributed by atoms with Crippen LogP contribution in [0.2, 0.25) is 0 Å². The summed E-state index contributed by atoms with van der Waals surface area (Å²) in [5.74, 6) is -0.720. The number of nitrogens with one attached hydrogen (secondary N) is 1. The van der Waals surface area contributed by atoms with E-state index < -0.39 is 23.7 Å². The fraction of sp³-hybridized carbons (Fsp3) is 0.143. The van der Waals surface area contributed by atoms with Crippen LogP contribution in [0, 0.1) is 5.82 Å². The molecule has 0 aliphatic heterocycles. The quantitative estimate of drug-likeness (QED) is 0.430. The largest absolute Gasteiger partial charge is 0.457 e. The maximum atomic E-state index is 13.1. The molecule has 0 saturated carbocycles. The molecule has 0 aliphatic rings. The standard InChI is InChI=1S/C21H20FN5O4/c1-11(19(23)29)25-18-9-16(20(24)30)26-21(27-18)12-2-7-17(13(8-12)10-28)31-15-5-3-14(22)4-6-15/h2-9,11,28H,10H2,1H3,(H2,23,29)(H2,24,30)(H,25,26,27). The van der Waals surface area contributed by atoms with Crippen molar-refractivity contribution in [2.24, 2.45) is 11.5 Å². The Kier molecular flexibility index (Phi) is 6.41. The van der Waals surface area contributed by atoms with E-state index in [0.29, 0.717) is 22.6 Å². The third kappa shape index (κ3) is 5.31. The van der Waals surface area contributed by atoms with Crippen molar-refractivity contribution in [3.63, 3.8) is 0 Å². The van der Waals surface area contributed by atoms with Crippen LogP contribution in [0.3, 0.4) is 0 Å². The van der Waals surface area contributed by atoms with Crippen molar-refractivity contribution >= 4 is 17.6 Å². The Morgan fingerprint density at radius 3 is 2.45 bits per heavy atom. The molecule has 1 atom stereocenters. The lowest BCUT2D eigenvalue weighted by molar-refractivity contribution is -0.118. The van der Waals surface area contributed by atoms with Crippen LogP contribution in [-0.2, 0) is 11.4 Å². The number of amides is 2. The van der Waals surface area contributed by atoms with Gasteiger partial charge >= 0.3 is 0 Å². The Morgan fingerprint density at radius 1 is 1.13 bits per heavy atom. The van der Waals surface area contributed by atoms with E-state index in [1.165, 1.54) is 30.3 Å². The number of rotatable bonds is 8. The first-order chi connectivity index (χ1) is 14.8. The number of aromatic nitrogens is 2. The molecule has 160 valence electrons. The van der Waals surface area contributed by atoms with E-state index in [1.54, 1.807) is 25.1 Å².